The molecular formula is C13H19N3O4S. The third kappa shape index (κ3) is 3.41. The Bertz CT molecular complexity index is 613. The van der Waals surface area contributed by atoms with Crippen molar-refractivity contribution < 1.29 is 17.9 Å². The van der Waals surface area contributed by atoms with Gasteiger partial charge in [0.25, 0.3) is 0 Å². The Hall–Kier alpha value is -1.48. The Kier molecular flexibility index (Phi) is 4.62. The molecule has 1 saturated carbocycles. The molecule has 7 nitrogen and oxygen atoms in total. The SMILES string of the molecule is CCOC1CC(N)C1NS(=O)(=O)c1ccc(C(N)=O)cc1. The molecule has 8 heteroatoms. The second-order valence-electron chi connectivity index (χ2n) is 4.93. The van der Waals surface area contributed by atoms with Gasteiger partial charge in [0.15, 0.2) is 0 Å². The number of amides is 1. The van der Waals surface area contributed by atoms with E-state index >= 15 is 0 Å². The van der Waals surface area contributed by atoms with Gasteiger partial charge in [-0.05, 0) is 37.6 Å². The van der Waals surface area contributed by atoms with Crippen LogP contribution in [0.25, 0.3) is 0 Å². The van der Waals surface area contributed by atoms with E-state index in [-0.39, 0.29) is 22.6 Å². The van der Waals surface area contributed by atoms with E-state index < -0.39 is 22.0 Å². The van der Waals surface area contributed by atoms with E-state index in [1.165, 1.54) is 24.3 Å². The van der Waals surface area contributed by atoms with Crippen LogP contribution >= 0.6 is 0 Å². The van der Waals surface area contributed by atoms with E-state index in [9.17, 15) is 13.2 Å². The van der Waals surface area contributed by atoms with E-state index in [1.807, 2.05) is 6.92 Å². The molecule has 0 bridgehead atoms. The first kappa shape index (κ1) is 15.9. The molecule has 1 aliphatic carbocycles. The second kappa shape index (κ2) is 6.10. The summed E-state index contributed by atoms with van der Waals surface area (Å²) in [6, 6.07) is 4.71. The number of nitrogens with one attached hydrogen (secondary N) is 1. The minimum atomic E-state index is -3.71. The quantitative estimate of drug-likeness (QED) is 0.657. The summed E-state index contributed by atoms with van der Waals surface area (Å²) in [5, 5.41) is 0. The number of nitrogens with two attached hydrogens (primary N) is 2. The van der Waals surface area contributed by atoms with E-state index in [0.717, 1.165) is 0 Å². The number of hydrogen-bond acceptors (Lipinski definition) is 5. The zero-order chi connectivity index (χ0) is 15.6. The maximum Gasteiger partial charge on any atom is 0.248 e. The molecule has 0 spiro atoms. The van der Waals surface area contributed by atoms with Crippen molar-refractivity contribution in [2.45, 2.75) is 36.4 Å². The van der Waals surface area contributed by atoms with Gasteiger partial charge in [-0.3, -0.25) is 4.79 Å². The fourth-order valence-electron chi connectivity index (χ4n) is 2.24. The van der Waals surface area contributed by atoms with Crippen molar-refractivity contribution in [3.63, 3.8) is 0 Å². The third-order valence-corrected chi connectivity index (χ3v) is 4.96. The first-order chi connectivity index (χ1) is 9.85. The molecule has 1 amide bonds. The van der Waals surface area contributed by atoms with Crippen molar-refractivity contribution in [3.8, 4) is 0 Å². The summed E-state index contributed by atoms with van der Waals surface area (Å²) in [6.07, 6.45) is 0.423. The van der Waals surface area contributed by atoms with Crippen LogP contribution < -0.4 is 16.2 Å². The topological polar surface area (TPSA) is 125 Å². The molecule has 116 valence electrons. The summed E-state index contributed by atoms with van der Waals surface area (Å²) in [4.78, 5) is 11.0. The molecule has 1 aromatic carbocycles. The first-order valence-electron chi connectivity index (χ1n) is 6.64. The Morgan fingerprint density at radius 3 is 2.48 bits per heavy atom. The van der Waals surface area contributed by atoms with Crippen LogP contribution in [-0.2, 0) is 14.8 Å². The average molecular weight is 313 g/mol. The molecule has 1 aromatic rings. The Morgan fingerprint density at radius 1 is 1.38 bits per heavy atom. The number of carbonyl (C=O) groups is 1. The van der Waals surface area contributed by atoms with Crippen molar-refractivity contribution in [2.75, 3.05) is 6.61 Å². The number of carbonyl (C=O) groups excluding carboxylic acids is 1. The predicted octanol–water partition coefficient (Wildman–Crippen LogP) is -0.431. The lowest BCUT2D eigenvalue weighted by Gasteiger charge is -2.42. The summed E-state index contributed by atoms with van der Waals surface area (Å²) in [5.74, 6) is -0.607. The van der Waals surface area contributed by atoms with E-state index in [4.69, 9.17) is 16.2 Å². The minimum absolute atomic E-state index is 0.0573. The van der Waals surface area contributed by atoms with Crippen LogP contribution in [0.3, 0.4) is 0 Å². The van der Waals surface area contributed by atoms with Crippen LogP contribution in [0.5, 0.6) is 0 Å². The normalized spacial score (nSPS) is 25.3. The Labute approximate surface area is 123 Å². The molecule has 0 aliphatic heterocycles. The van der Waals surface area contributed by atoms with Crippen molar-refractivity contribution in [1.29, 1.82) is 0 Å². The molecule has 21 heavy (non-hydrogen) atoms. The number of rotatable bonds is 6. The van der Waals surface area contributed by atoms with Gasteiger partial charge in [0, 0.05) is 18.2 Å². The van der Waals surface area contributed by atoms with Gasteiger partial charge in [-0.15, -0.1) is 0 Å². The highest BCUT2D eigenvalue weighted by atomic mass is 32.2. The lowest BCUT2D eigenvalue weighted by atomic mass is 9.84. The van der Waals surface area contributed by atoms with Crippen molar-refractivity contribution >= 4 is 15.9 Å². The molecule has 1 aliphatic rings. The smallest absolute Gasteiger partial charge is 0.248 e. The van der Waals surface area contributed by atoms with Crippen LogP contribution in [0.2, 0.25) is 0 Å². The van der Waals surface area contributed by atoms with Crippen LogP contribution in [0.1, 0.15) is 23.7 Å². The predicted molar refractivity (Wildman–Crippen MR) is 77.1 cm³/mol. The van der Waals surface area contributed by atoms with Crippen LogP contribution in [-0.4, -0.2) is 39.1 Å². The van der Waals surface area contributed by atoms with Gasteiger partial charge >= 0.3 is 0 Å². The zero-order valence-electron chi connectivity index (χ0n) is 11.7. The van der Waals surface area contributed by atoms with E-state index in [1.54, 1.807) is 0 Å². The molecule has 3 atom stereocenters. The minimum Gasteiger partial charge on any atom is -0.377 e. The summed E-state index contributed by atoms with van der Waals surface area (Å²) in [5.41, 5.74) is 11.2. The number of benzene rings is 1. The van der Waals surface area contributed by atoms with Crippen LogP contribution in [0.4, 0.5) is 0 Å². The molecule has 2 rings (SSSR count). The summed E-state index contributed by atoms with van der Waals surface area (Å²) in [6.45, 7) is 2.35. The molecule has 0 aromatic heterocycles. The lowest BCUT2D eigenvalue weighted by Crippen LogP contribution is -2.64. The highest BCUT2D eigenvalue weighted by Crippen LogP contribution is 2.24. The molecule has 5 N–H and O–H groups in total. The average Bonchev–Trinajstić information content (AvgIpc) is 2.45. The largest absolute Gasteiger partial charge is 0.377 e. The first-order valence-corrected chi connectivity index (χ1v) is 8.13. The van der Waals surface area contributed by atoms with E-state index in [2.05, 4.69) is 4.72 Å². The van der Waals surface area contributed by atoms with Gasteiger partial charge in [-0.2, -0.15) is 0 Å². The summed E-state index contributed by atoms with van der Waals surface area (Å²) in [7, 11) is -3.71. The monoisotopic (exact) mass is 313 g/mol. The van der Waals surface area contributed by atoms with Crippen molar-refractivity contribution in [3.05, 3.63) is 29.8 Å². The van der Waals surface area contributed by atoms with Crippen molar-refractivity contribution in [2.24, 2.45) is 11.5 Å². The molecule has 3 unspecified atom stereocenters. The van der Waals surface area contributed by atoms with Crippen LogP contribution in [0, 0.1) is 0 Å². The summed E-state index contributed by atoms with van der Waals surface area (Å²) >= 11 is 0. The third-order valence-electron chi connectivity index (χ3n) is 3.49. The van der Waals surface area contributed by atoms with Gasteiger partial charge in [0.2, 0.25) is 15.9 Å². The van der Waals surface area contributed by atoms with Gasteiger partial charge in [-0.25, -0.2) is 13.1 Å². The fourth-order valence-corrected chi connectivity index (χ4v) is 3.55. The van der Waals surface area contributed by atoms with E-state index in [0.29, 0.717) is 13.0 Å². The van der Waals surface area contributed by atoms with Gasteiger partial charge in [-0.1, -0.05) is 0 Å². The maximum atomic E-state index is 12.3. The number of sulfonamides is 1. The molecule has 1 fully saturated rings. The number of primary amides is 1. The fraction of sp³-hybridized carbons (Fsp3) is 0.462. The van der Waals surface area contributed by atoms with Gasteiger partial charge < -0.3 is 16.2 Å². The number of hydrogen-bond donors (Lipinski definition) is 3. The van der Waals surface area contributed by atoms with Crippen molar-refractivity contribution in [1.82, 2.24) is 4.72 Å². The van der Waals surface area contributed by atoms with Gasteiger partial charge in [0.05, 0.1) is 17.0 Å². The second-order valence-corrected chi connectivity index (χ2v) is 6.64. The molecule has 0 saturated heterocycles. The molecular weight excluding hydrogens is 294 g/mol. The molecule has 0 heterocycles. The van der Waals surface area contributed by atoms with Gasteiger partial charge in [0.1, 0.15) is 0 Å². The Balaban J connectivity index is 2.12. The molecule has 0 radical (unpaired) electrons. The summed E-state index contributed by atoms with van der Waals surface area (Å²) < 4.78 is 32.5. The lowest BCUT2D eigenvalue weighted by molar-refractivity contribution is -0.0248. The zero-order valence-corrected chi connectivity index (χ0v) is 12.5. The number of ether oxygens (including phenoxy) is 1. The highest BCUT2D eigenvalue weighted by Gasteiger charge is 2.41. The maximum absolute atomic E-state index is 12.3. The Morgan fingerprint density at radius 2 is 2.00 bits per heavy atom. The van der Waals surface area contributed by atoms with Crippen LogP contribution in [0.15, 0.2) is 29.2 Å². The highest BCUT2D eigenvalue weighted by molar-refractivity contribution is 7.89. The standard InChI is InChI=1S/C13H19N3O4S/c1-2-20-11-7-10(14)12(11)16-21(18,19)9-5-3-8(4-6-9)13(15)17/h3-6,10-12,16H,2,7,14H2,1H3,(H2,15,17).